The van der Waals surface area contributed by atoms with Gasteiger partial charge < -0.3 is 0 Å². The molecule has 0 aromatic heterocycles. The molecule has 6 heteroatoms. The number of hydrogen-bond donors (Lipinski definition) is 3. The van der Waals surface area contributed by atoms with Gasteiger partial charge in [-0.2, -0.15) is 61.4 Å². The summed E-state index contributed by atoms with van der Waals surface area (Å²) >= 11 is 18.4. The Morgan fingerprint density at radius 2 is 1.54 bits per heavy atom. The number of thioether (sulfide) groups is 3. The Hall–Kier alpha value is 2.10. The molecule has 0 aliphatic carbocycles. The van der Waals surface area contributed by atoms with Crippen LogP contribution in [0.2, 0.25) is 0 Å². The van der Waals surface area contributed by atoms with Crippen LogP contribution in [-0.2, 0) is 0 Å². The van der Waals surface area contributed by atoms with Gasteiger partial charge in [-0.1, -0.05) is 0 Å². The maximum absolute atomic E-state index is 4.35. The average molecular weight is 293 g/mol. The van der Waals surface area contributed by atoms with Gasteiger partial charge in [0, 0.05) is 33.8 Å². The molecule has 13 heavy (non-hydrogen) atoms. The van der Waals surface area contributed by atoms with E-state index in [1.165, 1.54) is 23.0 Å². The number of hydrogen-bond acceptors (Lipinski definition) is 6. The summed E-state index contributed by atoms with van der Waals surface area (Å²) in [5, 5.41) is 0.938. The van der Waals surface area contributed by atoms with Gasteiger partial charge in [-0.3, -0.25) is 0 Å². The van der Waals surface area contributed by atoms with E-state index < -0.39 is 0 Å². The summed E-state index contributed by atoms with van der Waals surface area (Å²) < 4.78 is 0.399. The summed E-state index contributed by atoms with van der Waals surface area (Å²) in [7, 11) is 0. The molecule has 0 rings (SSSR count). The van der Waals surface area contributed by atoms with Crippen molar-refractivity contribution in [2.45, 2.75) is 4.58 Å². The second kappa shape index (κ2) is 12.2. The van der Waals surface area contributed by atoms with Crippen molar-refractivity contribution in [3.05, 3.63) is 0 Å². The van der Waals surface area contributed by atoms with Crippen molar-refractivity contribution >= 4 is 73.2 Å². The predicted octanol–water partition coefficient (Wildman–Crippen LogP) is 3.26. The van der Waals surface area contributed by atoms with Crippen LogP contribution in [0.1, 0.15) is 0 Å². The molecule has 1 atom stereocenters. The fourth-order valence-corrected chi connectivity index (χ4v) is 4.11. The topological polar surface area (TPSA) is 0 Å². The molecule has 0 aromatic carbocycles. The van der Waals surface area contributed by atoms with Crippen LogP contribution in [0, 0.1) is 0 Å². The van der Waals surface area contributed by atoms with E-state index in [1.54, 1.807) is 0 Å². The normalized spacial score (nSPS) is 13.2. The zero-order valence-electron chi connectivity index (χ0n) is 7.39. The summed E-state index contributed by atoms with van der Waals surface area (Å²) in [6, 6.07) is 0. The van der Waals surface area contributed by atoms with E-state index >= 15 is 0 Å². The highest BCUT2D eigenvalue weighted by Gasteiger charge is 1.99. The molecule has 0 aliphatic rings. The van der Waals surface area contributed by atoms with Gasteiger partial charge in [-0.15, -0.1) is 11.8 Å². The summed E-state index contributed by atoms with van der Waals surface area (Å²) in [6.07, 6.45) is 0. The second-order valence-corrected chi connectivity index (χ2v) is 7.88. The molecule has 0 saturated heterocycles. The van der Waals surface area contributed by atoms with Gasteiger partial charge in [0.2, 0.25) is 0 Å². The first kappa shape index (κ1) is 15.1. The Bertz CT molecular complexity index is 99.0. The minimum atomic E-state index is 0.399. The van der Waals surface area contributed by atoms with Gasteiger partial charge in [-0.25, -0.2) is 0 Å². The van der Waals surface area contributed by atoms with Gasteiger partial charge in [0.05, 0.1) is 4.58 Å². The zero-order chi connectivity index (χ0) is 9.94. The van der Waals surface area contributed by atoms with Crippen LogP contribution in [0.5, 0.6) is 0 Å². The highest BCUT2D eigenvalue weighted by Crippen LogP contribution is 2.18. The molecule has 0 N–H and O–H groups in total. The van der Waals surface area contributed by atoms with E-state index in [4.69, 9.17) is 0 Å². The average Bonchev–Trinajstić information content (AvgIpc) is 2.16. The van der Waals surface area contributed by atoms with Crippen molar-refractivity contribution in [2.75, 3.05) is 33.8 Å². The van der Waals surface area contributed by atoms with Crippen LogP contribution in [0.15, 0.2) is 0 Å². The van der Waals surface area contributed by atoms with E-state index in [1.807, 2.05) is 35.3 Å². The molecule has 0 aliphatic heterocycles. The third kappa shape index (κ3) is 12.0. The van der Waals surface area contributed by atoms with E-state index in [-0.39, 0.29) is 0 Å². The Labute approximate surface area is 111 Å². The van der Waals surface area contributed by atoms with Crippen LogP contribution >= 0.6 is 73.2 Å². The third-order valence-electron chi connectivity index (χ3n) is 1.16. The number of rotatable bonds is 9. The van der Waals surface area contributed by atoms with E-state index in [2.05, 4.69) is 37.9 Å². The summed E-state index contributed by atoms with van der Waals surface area (Å²) in [5.41, 5.74) is 0. The highest BCUT2D eigenvalue weighted by molar-refractivity contribution is 8.12. The maximum atomic E-state index is 4.35. The highest BCUT2D eigenvalue weighted by atomic mass is 32.2. The lowest BCUT2D eigenvalue weighted by atomic mass is 10.9. The monoisotopic (exact) mass is 292 g/mol. The molecule has 80 valence electrons. The molecule has 0 aromatic rings. The van der Waals surface area contributed by atoms with Crippen LogP contribution in [-0.4, -0.2) is 38.4 Å². The summed E-state index contributed by atoms with van der Waals surface area (Å²) in [4.78, 5) is 0. The minimum absolute atomic E-state index is 0.399. The van der Waals surface area contributed by atoms with Crippen LogP contribution in [0.25, 0.3) is 0 Å². The lowest BCUT2D eigenvalue weighted by Gasteiger charge is -2.06. The molecule has 0 heterocycles. The Balaban J connectivity index is 2.91. The first-order valence-corrected chi connectivity index (χ1v) is 9.12. The third-order valence-corrected chi connectivity index (χ3v) is 6.40. The summed E-state index contributed by atoms with van der Waals surface area (Å²) in [6.45, 7) is 0. The number of thiol groups is 3. The zero-order valence-corrected chi connectivity index (χ0v) is 12.5. The molecule has 0 spiro atoms. The van der Waals surface area contributed by atoms with Crippen molar-refractivity contribution in [1.82, 2.24) is 0 Å². The Kier molecular flexibility index (Phi) is 14.1. The molecular weight excluding hydrogens is 276 g/mol. The predicted molar refractivity (Wildman–Crippen MR) is 82.7 cm³/mol. The molecule has 0 fully saturated rings. The van der Waals surface area contributed by atoms with E-state index in [9.17, 15) is 0 Å². The summed E-state index contributed by atoms with van der Waals surface area (Å²) in [5.74, 6) is 5.72. The first-order valence-electron chi connectivity index (χ1n) is 3.98. The fraction of sp³-hybridized carbons (Fsp3) is 1.00. The van der Waals surface area contributed by atoms with Gasteiger partial charge in [0.25, 0.3) is 0 Å². The van der Waals surface area contributed by atoms with Crippen LogP contribution < -0.4 is 0 Å². The molecule has 0 saturated carbocycles. The van der Waals surface area contributed by atoms with E-state index in [0.29, 0.717) is 4.58 Å². The smallest absolute Gasteiger partial charge is 0.0560 e. The lowest BCUT2D eigenvalue weighted by molar-refractivity contribution is 1.43. The van der Waals surface area contributed by atoms with Crippen molar-refractivity contribution in [3.63, 3.8) is 0 Å². The van der Waals surface area contributed by atoms with Crippen molar-refractivity contribution < 1.29 is 0 Å². The standard InChI is InChI=1S/C7H16S6/c8-5-7(10)13-4-3-11-1-2-12-6-9/h7-10H,1-6H2. The Morgan fingerprint density at radius 1 is 0.923 bits per heavy atom. The van der Waals surface area contributed by atoms with Crippen molar-refractivity contribution in [3.8, 4) is 0 Å². The maximum Gasteiger partial charge on any atom is 0.0560 e. The molecule has 0 amide bonds. The molecule has 0 bridgehead atoms. The van der Waals surface area contributed by atoms with Crippen LogP contribution in [0.4, 0.5) is 0 Å². The fourth-order valence-electron chi connectivity index (χ4n) is 0.580. The SMILES string of the molecule is SCSCCSCCSC(S)CS. The van der Waals surface area contributed by atoms with Gasteiger partial charge in [0.15, 0.2) is 0 Å². The van der Waals surface area contributed by atoms with Gasteiger partial charge >= 0.3 is 0 Å². The Morgan fingerprint density at radius 3 is 2.15 bits per heavy atom. The lowest BCUT2D eigenvalue weighted by Crippen LogP contribution is -1.97. The minimum Gasteiger partial charge on any atom is -0.177 e. The second-order valence-electron chi connectivity index (χ2n) is 2.16. The molecular formula is C7H16S6. The van der Waals surface area contributed by atoms with E-state index in [0.717, 1.165) is 10.8 Å². The van der Waals surface area contributed by atoms with Gasteiger partial charge in [0.1, 0.15) is 0 Å². The molecule has 1 unspecified atom stereocenters. The first-order chi connectivity index (χ1) is 6.31. The largest absolute Gasteiger partial charge is 0.177 e. The quantitative estimate of drug-likeness (QED) is 0.339. The van der Waals surface area contributed by atoms with Gasteiger partial charge in [-0.05, 0) is 0 Å². The molecule has 0 nitrogen and oxygen atoms in total. The molecule has 0 radical (unpaired) electrons. The van der Waals surface area contributed by atoms with Crippen LogP contribution in [0.3, 0.4) is 0 Å². The van der Waals surface area contributed by atoms with Crippen molar-refractivity contribution in [2.24, 2.45) is 0 Å². The van der Waals surface area contributed by atoms with Crippen molar-refractivity contribution in [1.29, 1.82) is 0 Å².